The highest BCUT2D eigenvalue weighted by Gasteiger charge is 2.30. The highest BCUT2D eigenvalue weighted by atomic mass is 16.6. The zero-order valence-electron chi connectivity index (χ0n) is 16.4. The number of anilines is 1. The Morgan fingerprint density at radius 3 is 2.48 bits per heavy atom. The second-order valence-corrected chi connectivity index (χ2v) is 7.48. The normalized spacial score (nSPS) is 15.1. The lowest BCUT2D eigenvalue weighted by atomic mass is 10.1. The van der Waals surface area contributed by atoms with E-state index in [9.17, 15) is 9.59 Å². The number of fused-ring (bicyclic) bond motifs is 1. The standard InChI is InChI=1S/C22H25N3O4/c1-15-2-4-16(5-3-15)13-25(18-7-8-18)14-21(26)24-22(27)23-17-6-9-19-20(12-17)29-11-10-28-19/h2-6,9,12,18H,7-8,10-11,13-14H2,1H3,(H2,23,24,26,27). The predicted octanol–water partition coefficient (Wildman–Crippen LogP) is 3.08. The monoisotopic (exact) mass is 395 g/mol. The van der Waals surface area contributed by atoms with Crippen LogP contribution in [0.5, 0.6) is 11.5 Å². The molecule has 1 saturated carbocycles. The molecular weight excluding hydrogens is 370 g/mol. The highest BCUT2D eigenvalue weighted by Crippen LogP contribution is 2.32. The van der Waals surface area contributed by atoms with Crippen molar-refractivity contribution in [1.29, 1.82) is 0 Å². The number of rotatable bonds is 6. The van der Waals surface area contributed by atoms with Gasteiger partial charge in [0.2, 0.25) is 5.91 Å². The first-order valence-corrected chi connectivity index (χ1v) is 9.87. The molecule has 7 heteroatoms. The Balaban J connectivity index is 1.30. The van der Waals surface area contributed by atoms with E-state index in [4.69, 9.17) is 9.47 Å². The van der Waals surface area contributed by atoms with Gasteiger partial charge in [-0.15, -0.1) is 0 Å². The van der Waals surface area contributed by atoms with Gasteiger partial charge in [-0.25, -0.2) is 4.79 Å². The van der Waals surface area contributed by atoms with E-state index in [1.807, 2.05) is 0 Å². The van der Waals surface area contributed by atoms with Crippen molar-refractivity contribution in [3.05, 3.63) is 53.6 Å². The number of ether oxygens (including phenoxy) is 2. The second kappa shape index (κ2) is 8.53. The van der Waals surface area contributed by atoms with E-state index in [2.05, 4.69) is 46.7 Å². The lowest BCUT2D eigenvalue weighted by molar-refractivity contribution is -0.121. The van der Waals surface area contributed by atoms with E-state index in [0.29, 0.717) is 43.0 Å². The number of carbonyl (C=O) groups is 2. The van der Waals surface area contributed by atoms with Gasteiger partial charge >= 0.3 is 6.03 Å². The molecule has 0 atom stereocenters. The van der Waals surface area contributed by atoms with Crippen LogP contribution in [0.25, 0.3) is 0 Å². The summed E-state index contributed by atoms with van der Waals surface area (Å²) in [6.45, 7) is 3.92. The molecule has 1 heterocycles. The molecule has 4 rings (SSSR count). The molecule has 7 nitrogen and oxygen atoms in total. The van der Waals surface area contributed by atoms with Crippen LogP contribution in [0, 0.1) is 6.92 Å². The van der Waals surface area contributed by atoms with Gasteiger partial charge in [-0.2, -0.15) is 0 Å². The third-order valence-electron chi connectivity index (χ3n) is 4.97. The minimum Gasteiger partial charge on any atom is -0.486 e. The smallest absolute Gasteiger partial charge is 0.325 e. The Morgan fingerprint density at radius 1 is 1.03 bits per heavy atom. The zero-order valence-corrected chi connectivity index (χ0v) is 16.4. The van der Waals surface area contributed by atoms with E-state index >= 15 is 0 Å². The minimum atomic E-state index is -0.558. The topological polar surface area (TPSA) is 79.9 Å². The molecule has 0 unspecified atom stereocenters. The number of imide groups is 1. The van der Waals surface area contributed by atoms with E-state index in [1.54, 1.807) is 18.2 Å². The fraction of sp³-hybridized carbons (Fsp3) is 0.364. The van der Waals surface area contributed by atoms with Crippen LogP contribution in [0.15, 0.2) is 42.5 Å². The minimum absolute atomic E-state index is 0.188. The summed E-state index contributed by atoms with van der Waals surface area (Å²) in [5.74, 6) is 0.909. The van der Waals surface area contributed by atoms with Crippen molar-refractivity contribution in [3.8, 4) is 11.5 Å². The fourth-order valence-corrected chi connectivity index (χ4v) is 3.32. The number of hydrogen-bond donors (Lipinski definition) is 2. The molecule has 152 valence electrons. The molecule has 3 amide bonds. The molecule has 0 aromatic heterocycles. The summed E-state index contributed by atoms with van der Waals surface area (Å²) in [6, 6.07) is 13.3. The Kier molecular flexibility index (Phi) is 5.67. The fourth-order valence-electron chi connectivity index (χ4n) is 3.32. The van der Waals surface area contributed by atoms with Gasteiger partial charge in [0, 0.05) is 24.3 Å². The second-order valence-electron chi connectivity index (χ2n) is 7.48. The summed E-state index contributed by atoms with van der Waals surface area (Å²) >= 11 is 0. The van der Waals surface area contributed by atoms with Gasteiger partial charge in [-0.05, 0) is 37.5 Å². The van der Waals surface area contributed by atoms with Crippen molar-refractivity contribution >= 4 is 17.6 Å². The summed E-state index contributed by atoms with van der Waals surface area (Å²) in [6.07, 6.45) is 2.17. The Morgan fingerprint density at radius 2 is 1.76 bits per heavy atom. The molecule has 0 spiro atoms. The highest BCUT2D eigenvalue weighted by molar-refractivity contribution is 6.01. The lowest BCUT2D eigenvalue weighted by Gasteiger charge is -2.21. The predicted molar refractivity (Wildman–Crippen MR) is 109 cm³/mol. The van der Waals surface area contributed by atoms with Crippen LogP contribution in [0.1, 0.15) is 24.0 Å². The van der Waals surface area contributed by atoms with Gasteiger partial charge in [0.25, 0.3) is 0 Å². The molecule has 1 aliphatic carbocycles. The van der Waals surface area contributed by atoms with Gasteiger partial charge in [-0.3, -0.25) is 15.0 Å². The SMILES string of the molecule is Cc1ccc(CN(CC(=O)NC(=O)Nc2ccc3c(c2)OCCO3)C2CC2)cc1. The summed E-state index contributed by atoms with van der Waals surface area (Å²) in [4.78, 5) is 26.7. The number of carbonyl (C=O) groups excluding carboxylic acids is 2. The molecule has 2 N–H and O–H groups in total. The van der Waals surface area contributed by atoms with Gasteiger partial charge in [0.05, 0.1) is 6.54 Å². The van der Waals surface area contributed by atoms with Crippen molar-refractivity contribution < 1.29 is 19.1 Å². The van der Waals surface area contributed by atoms with Crippen LogP contribution in [0.4, 0.5) is 10.5 Å². The number of nitrogens with zero attached hydrogens (tertiary/aromatic N) is 1. The molecule has 0 radical (unpaired) electrons. The van der Waals surface area contributed by atoms with Gasteiger partial charge in [0.1, 0.15) is 13.2 Å². The molecule has 2 aromatic rings. The number of benzene rings is 2. The van der Waals surface area contributed by atoms with Crippen LogP contribution >= 0.6 is 0 Å². The van der Waals surface area contributed by atoms with Crippen LogP contribution in [0.2, 0.25) is 0 Å². The maximum atomic E-state index is 12.4. The van der Waals surface area contributed by atoms with Crippen molar-refractivity contribution in [2.75, 3.05) is 25.1 Å². The maximum Gasteiger partial charge on any atom is 0.325 e. The molecular formula is C22H25N3O4. The lowest BCUT2D eigenvalue weighted by Crippen LogP contribution is -2.42. The van der Waals surface area contributed by atoms with Crippen LogP contribution < -0.4 is 20.1 Å². The van der Waals surface area contributed by atoms with E-state index in [1.165, 1.54) is 5.56 Å². The summed E-state index contributed by atoms with van der Waals surface area (Å²) < 4.78 is 11.0. The van der Waals surface area contributed by atoms with Crippen molar-refractivity contribution in [2.24, 2.45) is 0 Å². The number of hydrogen-bond acceptors (Lipinski definition) is 5. The van der Waals surface area contributed by atoms with E-state index in [0.717, 1.165) is 18.4 Å². The maximum absolute atomic E-state index is 12.4. The first-order valence-electron chi connectivity index (χ1n) is 9.87. The van der Waals surface area contributed by atoms with Crippen LogP contribution in [-0.4, -0.2) is 42.6 Å². The quantitative estimate of drug-likeness (QED) is 0.786. The number of amides is 3. The Labute approximate surface area is 170 Å². The molecule has 0 saturated heterocycles. The van der Waals surface area contributed by atoms with Crippen LogP contribution in [-0.2, 0) is 11.3 Å². The number of nitrogens with one attached hydrogen (secondary N) is 2. The van der Waals surface area contributed by atoms with Crippen LogP contribution in [0.3, 0.4) is 0 Å². The van der Waals surface area contributed by atoms with Gasteiger partial charge < -0.3 is 14.8 Å². The Bertz CT molecular complexity index is 893. The average Bonchev–Trinajstić information content (AvgIpc) is 3.54. The third kappa shape index (κ3) is 5.26. The van der Waals surface area contributed by atoms with Gasteiger partial charge in [-0.1, -0.05) is 29.8 Å². The largest absolute Gasteiger partial charge is 0.486 e. The first-order chi connectivity index (χ1) is 14.1. The van der Waals surface area contributed by atoms with Crippen molar-refractivity contribution in [1.82, 2.24) is 10.2 Å². The molecule has 29 heavy (non-hydrogen) atoms. The van der Waals surface area contributed by atoms with Crippen molar-refractivity contribution in [3.63, 3.8) is 0 Å². The molecule has 1 fully saturated rings. The van der Waals surface area contributed by atoms with E-state index < -0.39 is 6.03 Å². The molecule has 1 aliphatic heterocycles. The summed E-state index contributed by atoms with van der Waals surface area (Å²) in [7, 11) is 0. The average molecular weight is 395 g/mol. The Hall–Kier alpha value is -3.06. The summed E-state index contributed by atoms with van der Waals surface area (Å²) in [5, 5.41) is 5.09. The van der Waals surface area contributed by atoms with Gasteiger partial charge in [0.15, 0.2) is 11.5 Å². The van der Waals surface area contributed by atoms with E-state index in [-0.39, 0.29) is 12.5 Å². The molecule has 2 aliphatic rings. The first kappa shape index (κ1) is 19.3. The zero-order chi connectivity index (χ0) is 20.2. The molecule has 0 bridgehead atoms. The third-order valence-corrected chi connectivity index (χ3v) is 4.97. The van der Waals surface area contributed by atoms with Crippen molar-refractivity contribution in [2.45, 2.75) is 32.4 Å². The number of aryl methyl sites for hydroxylation is 1. The molecule has 2 aromatic carbocycles. The summed E-state index contributed by atoms with van der Waals surface area (Å²) in [5.41, 5.74) is 2.91. The number of urea groups is 1.